The van der Waals surface area contributed by atoms with Gasteiger partial charge in [-0.15, -0.1) is 0 Å². The minimum absolute atomic E-state index is 0.0453. The highest BCUT2D eigenvalue weighted by Crippen LogP contribution is 2.66. The van der Waals surface area contributed by atoms with Gasteiger partial charge in [0.25, 0.3) is 0 Å². The highest BCUT2D eigenvalue weighted by molar-refractivity contribution is 7.71. The van der Waals surface area contributed by atoms with Crippen LogP contribution < -0.4 is 5.73 Å². The van der Waals surface area contributed by atoms with E-state index in [2.05, 4.69) is 18.1 Å². The van der Waals surface area contributed by atoms with Crippen LogP contribution in [0.2, 0.25) is 0 Å². The topological polar surface area (TPSA) is 233 Å². The van der Waals surface area contributed by atoms with E-state index in [1.165, 1.54) is 12.3 Å². The lowest BCUT2D eigenvalue weighted by molar-refractivity contribution is -0.102. The number of aliphatic hydroxyl groups excluding tert-OH is 1. The second-order valence-electron chi connectivity index (χ2n) is 6.20. The van der Waals surface area contributed by atoms with Crippen LogP contribution in [0.4, 0.5) is 10.2 Å². The molecule has 0 radical (unpaired) electrons. The number of alkyl halides is 1. The molecule has 0 bridgehead atoms. The number of aromatic nitrogens is 2. The SMILES string of the molecule is CC1(F)CC(O)=C(COP(=O)(O)OP(=O)(O)OP(=O)(O)O)O[C@H]1n1ccc(N)nc1=S. The van der Waals surface area contributed by atoms with Crippen molar-refractivity contribution in [2.45, 2.75) is 25.2 Å². The molecule has 2 rings (SSSR count). The zero-order chi connectivity index (χ0) is 23.8. The second kappa shape index (κ2) is 8.96. The van der Waals surface area contributed by atoms with E-state index in [1.807, 2.05) is 0 Å². The van der Waals surface area contributed by atoms with E-state index in [0.29, 0.717) is 0 Å². The van der Waals surface area contributed by atoms with E-state index >= 15 is 4.39 Å². The quantitative estimate of drug-likeness (QED) is 0.209. The molecule has 0 saturated carbocycles. The third-order valence-electron chi connectivity index (χ3n) is 3.48. The Labute approximate surface area is 178 Å². The molecule has 3 unspecified atom stereocenters. The van der Waals surface area contributed by atoms with Crippen LogP contribution in [0, 0.1) is 4.77 Å². The summed E-state index contributed by atoms with van der Waals surface area (Å²) in [4.78, 5) is 39.4. The van der Waals surface area contributed by atoms with Crippen molar-refractivity contribution in [2.75, 3.05) is 12.3 Å². The highest BCUT2D eigenvalue weighted by atomic mass is 32.1. The number of phosphoric ester groups is 1. The molecule has 1 aliphatic rings. The average Bonchev–Trinajstić information content (AvgIpc) is 2.50. The number of allylic oxidation sites excluding steroid dienone is 1. The minimum Gasteiger partial charge on any atom is -0.509 e. The molecular weight excluding hydrogens is 510 g/mol. The van der Waals surface area contributed by atoms with Crippen LogP contribution >= 0.6 is 35.7 Å². The van der Waals surface area contributed by atoms with Gasteiger partial charge in [-0.25, -0.2) is 23.1 Å². The van der Waals surface area contributed by atoms with Gasteiger partial charge in [0, 0.05) is 12.6 Å². The minimum atomic E-state index is -5.73. The summed E-state index contributed by atoms with van der Waals surface area (Å²) in [7, 11) is -16.8. The van der Waals surface area contributed by atoms with Gasteiger partial charge in [-0.1, -0.05) is 0 Å². The monoisotopic (exact) mass is 527 g/mol. The van der Waals surface area contributed by atoms with Gasteiger partial charge in [0.1, 0.15) is 18.2 Å². The van der Waals surface area contributed by atoms with Gasteiger partial charge in [0.2, 0.25) is 11.0 Å². The lowest BCUT2D eigenvalue weighted by Gasteiger charge is -2.37. The summed E-state index contributed by atoms with van der Waals surface area (Å²) in [6.07, 6.45) is -0.919. The van der Waals surface area contributed by atoms with Gasteiger partial charge < -0.3 is 35.2 Å². The molecule has 0 aliphatic carbocycles. The van der Waals surface area contributed by atoms with E-state index in [-0.39, 0.29) is 10.6 Å². The Morgan fingerprint density at radius 1 is 1.32 bits per heavy atom. The van der Waals surface area contributed by atoms with Gasteiger partial charge >= 0.3 is 23.5 Å². The Kier molecular flexibility index (Phi) is 7.53. The first-order valence-corrected chi connectivity index (χ1v) is 12.7. The number of ether oxygens (including phenoxy) is 1. The summed E-state index contributed by atoms with van der Waals surface area (Å²) in [5.74, 6) is -1.25. The molecule has 0 saturated heterocycles. The number of nitrogen functional groups attached to an aromatic ring is 1. The first-order valence-electron chi connectivity index (χ1n) is 7.80. The molecule has 1 aromatic rings. The normalized spacial score (nSPS) is 26.1. The molecular formula is C11H17FN3O12P3S. The number of nitrogens with two attached hydrogens (primary N) is 1. The summed E-state index contributed by atoms with van der Waals surface area (Å²) < 4.78 is 66.4. The molecule has 4 atom stereocenters. The maximum absolute atomic E-state index is 15.0. The zero-order valence-electron chi connectivity index (χ0n) is 15.3. The predicted molar refractivity (Wildman–Crippen MR) is 101 cm³/mol. The molecule has 176 valence electrons. The molecule has 1 aliphatic heterocycles. The van der Waals surface area contributed by atoms with Crippen LogP contribution in [-0.2, 0) is 31.6 Å². The van der Waals surface area contributed by atoms with Crippen molar-refractivity contribution in [3.05, 3.63) is 28.6 Å². The van der Waals surface area contributed by atoms with E-state index in [4.69, 9.17) is 37.4 Å². The van der Waals surface area contributed by atoms with Crippen LogP contribution in [0.5, 0.6) is 0 Å². The van der Waals surface area contributed by atoms with E-state index in [9.17, 15) is 23.7 Å². The van der Waals surface area contributed by atoms with Crippen molar-refractivity contribution >= 4 is 41.5 Å². The first kappa shape index (κ1) is 26.0. The van der Waals surface area contributed by atoms with Crippen molar-refractivity contribution < 1.29 is 60.6 Å². The Bertz CT molecular complexity index is 1090. The average molecular weight is 527 g/mol. The third-order valence-corrected chi connectivity index (χ3v) is 7.57. The van der Waals surface area contributed by atoms with Crippen LogP contribution in [0.3, 0.4) is 0 Å². The van der Waals surface area contributed by atoms with Crippen LogP contribution in [-0.4, -0.2) is 46.5 Å². The third kappa shape index (κ3) is 7.41. The predicted octanol–water partition coefficient (Wildman–Crippen LogP) is 1.95. The number of phosphoric acid groups is 3. The van der Waals surface area contributed by atoms with E-state index in [0.717, 1.165) is 11.5 Å². The van der Waals surface area contributed by atoms with Crippen LogP contribution in [0.15, 0.2) is 23.8 Å². The maximum atomic E-state index is 15.0. The van der Waals surface area contributed by atoms with Crippen molar-refractivity contribution in [3.63, 3.8) is 0 Å². The molecule has 0 amide bonds. The van der Waals surface area contributed by atoms with Gasteiger partial charge in [-0.05, 0) is 25.2 Å². The van der Waals surface area contributed by atoms with Crippen molar-refractivity contribution in [3.8, 4) is 0 Å². The van der Waals surface area contributed by atoms with Crippen molar-refractivity contribution in [1.29, 1.82) is 0 Å². The van der Waals surface area contributed by atoms with Crippen LogP contribution in [0.25, 0.3) is 0 Å². The van der Waals surface area contributed by atoms with Gasteiger partial charge in [-0.2, -0.15) is 8.62 Å². The summed E-state index contributed by atoms with van der Waals surface area (Å²) in [6.45, 7) is -0.0110. The number of nitrogens with zero attached hydrogens (tertiary/aromatic N) is 2. The lowest BCUT2D eigenvalue weighted by Crippen LogP contribution is -2.39. The van der Waals surface area contributed by atoms with Crippen molar-refractivity contribution in [2.24, 2.45) is 0 Å². The fourth-order valence-corrected chi connectivity index (χ4v) is 5.59. The molecule has 20 heteroatoms. The molecule has 0 aromatic carbocycles. The number of hydrogen-bond acceptors (Lipinski definition) is 11. The Morgan fingerprint density at radius 2 is 1.94 bits per heavy atom. The Balaban J connectivity index is 2.19. The lowest BCUT2D eigenvalue weighted by atomic mass is 9.97. The molecule has 15 nitrogen and oxygen atoms in total. The zero-order valence-corrected chi connectivity index (χ0v) is 18.8. The van der Waals surface area contributed by atoms with E-state index < -0.39 is 59.9 Å². The first-order chi connectivity index (χ1) is 13.9. The standard InChI is InChI=1S/C11H17FN3O12P3S/c1-11(12)4-6(16)7(25-9(11)15-3-2-8(13)14-10(15)31)5-24-29(20,21)27-30(22,23)26-28(17,18)19/h2-3,9,16H,4-5H2,1H3,(H,20,21)(H,22,23)(H2,13,14,31)(H2,17,18,19)/t9-,11?/m1/s1. The summed E-state index contributed by atoms with van der Waals surface area (Å²) in [6, 6.07) is 1.29. The smallest absolute Gasteiger partial charge is 0.490 e. The fourth-order valence-electron chi connectivity index (χ4n) is 2.35. The summed E-state index contributed by atoms with van der Waals surface area (Å²) in [5, 5.41) is 9.98. The maximum Gasteiger partial charge on any atom is 0.490 e. The van der Waals surface area contributed by atoms with Crippen LogP contribution in [0.1, 0.15) is 19.6 Å². The largest absolute Gasteiger partial charge is 0.509 e. The van der Waals surface area contributed by atoms with Gasteiger partial charge in [-0.3, -0.25) is 9.09 Å². The number of rotatable bonds is 8. The molecule has 2 heterocycles. The summed E-state index contributed by atoms with van der Waals surface area (Å²) >= 11 is 4.99. The van der Waals surface area contributed by atoms with Gasteiger partial charge in [0.15, 0.2) is 11.4 Å². The van der Waals surface area contributed by atoms with Gasteiger partial charge in [0.05, 0.1) is 0 Å². The highest BCUT2D eigenvalue weighted by Gasteiger charge is 2.45. The van der Waals surface area contributed by atoms with E-state index in [1.54, 1.807) is 0 Å². The van der Waals surface area contributed by atoms with Crippen molar-refractivity contribution in [1.82, 2.24) is 9.55 Å². The molecule has 7 N–H and O–H groups in total. The fraction of sp³-hybridized carbons (Fsp3) is 0.455. The second-order valence-corrected chi connectivity index (χ2v) is 11.0. The Morgan fingerprint density at radius 3 is 2.48 bits per heavy atom. The Hall–Kier alpha value is -1.22. The molecule has 1 aromatic heterocycles. The molecule has 0 spiro atoms. The number of halogens is 1. The molecule has 0 fully saturated rings. The number of hydrogen-bond donors (Lipinski definition) is 6. The summed E-state index contributed by atoms with van der Waals surface area (Å²) in [5.41, 5.74) is 3.25. The number of aliphatic hydroxyl groups is 1. The molecule has 31 heavy (non-hydrogen) atoms. The number of anilines is 1.